The molecule has 8 heteroatoms. The average Bonchev–Trinajstić information content (AvgIpc) is 2.81. The minimum Gasteiger partial charge on any atom is -0.387 e. The predicted octanol–water partition coefficient (Wildman–Crippen LogP) is -0.253. The average molecular weight is 300 g/mol. The highest BCUT2D eigenvalue weighted by atomic mass is 32.2. The third-order valence-electron chi connectivity index (χ3n) is 3.26. The number of hydrogen-bond donors (Lipinski definition) is 2. The molecule has 0 aromatic carbocycles. The Morgan fingerprint density at radius 1 is 1.45 bits per heavy atom. The molecule has 112 valence electrons. The van der Waals surface area contributed by atoms with Crippen LogP contribution in [0.25, 0.3) is 0 Å². The van der Waals surface area contributed by atoms with E-state index in [0.29, 0.717) is 31.9 Å². The molecular weight excluding hydrogens is 280 g/mol. The van der Waals surface area contributed by atoms with E-state index in [0.717, 1.165) is 0 Å². The van der Waals surface area contributed by atoms with Gasteiger partial charge in [0.15, 0.2) is 0 Å². The molecule has 1 aromatic heterocycles. The van der Waals surface area contributed by atoms with Gasteiger partial charge in [-0.25, -0.2) is 23.1 Å². The lowest BCUT2D eigenvalue weighted by molar-refractivity contribution is 0.0685. The van der Waals surface area contributed by atoms with Gasteiger partial charge in [0.2, 0.25) is 16.0 Å². The van der Waals surface area contributed by atoms with Crippen LogP contribution in [-0.2, 0) is 10.0 Å². The van der Waals surface area contributed by atoms with Crippen molar-refractivity contribution < 1.29 is 13.5 Å². The molecule has 0 amide bonds. The Kier molecular flexibility index (Phi) is 4.56. The Morgan fingerprint density at radius 2 is 2.15 bits per heavy atom. The van der Waals surface area contributed by atoms with Crippen LogP contribution in [0.5, 0.6) is 0 Å². The molecule has 2 N–H and O–H groups in total. The van der Waals surface area contributed by atoms with E-state index >= 15 is 0 Å². The van der Waals surface area contributed by atoms with Crippen molar-refractivity contribution in [1.82, 2.24) is 14.7 Å². The molecule has 0 spiro atoms. The van der Waals surface area contributed by atoms with Crippen molar-refractivity contribution in [3.8, 4) is 0 Å². The summed E-state index contributed by atoms with van der Waals surface area (Å²) in [5, 5.41) is 10.4. The molecule has 1 fully saturated rings. The number of rotatable bonds is 6. The van der Waals surface area contributed by atoms with Gasteiger partial charge in [-0.1, -0.05) is 6.92 Å². The fourth-order valence-corrected chi connectivity index (χ4v) is 3.38. The van der Waals surface area contributed by atoms with Crippen LogP contribution >= 0.6 is 0 Å². The van der Waals surface area contributed by atoms with Crippen molar-refractivity contribution in [2.45, 2.75) is 25.4 Å². The predicted molar refractivity (Wildman–Crippen MR) is 75.9 cm³/mol. The number of anilines is 1. The van der Waals surface area contributed by atoms with Crippen molar-refractivity contribution in [2.24, 2.45) is 0 Å². The molecule has 1 aliphatic rings. The second kappa shape index (κ2) is 6.02. The standard InChI is InChI=1S/C12H20N4O3S/c1-2-8-20(18,19)15-9-12(17)4-7-16(10-12)11-13-5-3-6-14-11/h3,5-6,15,17H,2,4,7-10H2,1H3. The van der Waals surface area contributed by atoms with Gasteiger partial charge in [0.25, 0.3) is 0 Å². The third kappa shape index (κ3) is 3.87. The van der Waals surface area contributed by atoms with Gasteiger partial charge in [-0.05, 0) is 18.9 Å². The fraction of sp³-hybridized carbons (Fsp3) is 0.667. The zero-order chi connectivity index (χ0) is 14.6. The van der Waals surface area contributed by atoms with Crippen LogP contribution in [0.4, 0.5) is 5.95 Å². The van der Waals surface area contributed by atoms with E-state index in [-0.39, 0.29) is 12.3 Å². The first kappa shape index (κ1) is 15.1. The minimum absolute atomic E-state index is 0.0265. The first-order chi connectivity index (χ1) is 9.44. The molecule has 2 heterocycles. The molecule has 1 atom stereocenters. The molecule has 1 aliphatic heterocycles. The summed E-state index contributed by atoms with van der Waals surface area (Å²) in [7, 11) is -3.30. The molecule has 1 saturated heterocycles. The lowest BCUT2D eigenvalue weighted by atomic mass is 10.0. The van der Waals surface area contributed by atoms with E-state index in [1.54, 1.807) is 25.4 Å². The Balaban J connectivity index is 1.94. The van der Waals surface area contributed by atoms with E-state index in [1.807, 2.05) is 4.90 Å². The molecule has 0 saturated carbocycles. The zero-order valence-electron chi connectivity index (χ0n) is 11.5. The van der Waals surface area contributed by atoms with Gasteiger partial charge >= 0.3 is 0 Å². The summed E-state index contributed by atoms with van der Waals surface area (Å²) in [6.07, 6.45) is 4.32. The second-order valence-corrected chi connectivity index (χ2v) is 7.01. The fourth-order valence-electron chi connectivity index (χ4n) is 2.21. The summed E-state index contributed by atoms with van der Waals surface area (Å²) in [6, 6.07) is 1.73. The van der Waals surface area contributed by atoms with E-state index < -0.39 is 15.6 Å². The topological polar surface area (TPSA) is 95.4 Å². The number of aromatic nitrogens is 2. The van der Waals surface area contributed by atoms with Gasteiger partial charge in [0, 0.05) is 25.5 Å². The van der Waals surface area contributed by atoms with Crippen molar-refractivity contribution >= 4 is 16.0 Å². The molecule has 2 rings (SSSR count). The molecule has 7 nitrogen and oxygen atoms in total. The molecule has 0 aliphatic carbocycles. The molecule has 0 radical (unpaired) electrons. The van der Waals surface area contributed by atoms with Crippen LogP contribution in [0.3, 0.4) is 0 Å². The highest BCUT2D eigenvalue weighted by Crippen LogP contribution is 2.23. The molecule has 20 heavy (non-hydrogen) atoms. The van der Waals surface area contributed by atoms with Crippen LogP contribution in [-0.4, -0.2) is 54.5 Å². The highest BCUT2D eigenvalue weighted by molar-refractivity contribution is 7.89. The first-order valence-electron chi connectivity index (χ1n) is 6.66. The SMILES string of the molecule is CCCS(=O)(=O)NCC1(O)CCN(c2ncccn2)C1. The van der Waals surface area contributed by atoms with Gasteiger partial charge in [-0.2, -0.15) is 0 Å². The second-order valence-electron chi connectivity index (χ2n) is 5.08. The van der Waals surface area contributed by atoms with E-state index in [9.17, 15) is 13.5 Å². The largest absolute Gasteiger partial charge is 0.387 e. The monoisotopic (exact) mass is 300 g/mol. The van der Waals surface area contributed by atoms with Crippen LogP contribution in [0.15, 0.2) is 18.5 Å². The summed E-state index contributed by atoms with van der Waals surface area (Å²) in [5.74, 6) is 0.633. The van der Waals surface area contributed by atoms with Gasteiger partial charge in [-0.3, -0.25) is 0 Å². The van der Waals surface area contributed by atoms with Crippen molar-refractivity contribution in [1.29, 1.82) is 0 Å². The lowest BCUT2D eigenvalue weighted by Gasteiger charge is -2.23. The third-order valence-corrected chi connectivity index (χ3v) is 4.79. The van der Waals surface area contributed by atoms with Gasteiger partial charge in [0.1, 0.15) is 0 Å². The van der Waals surface area contributed by atoms with Crippen LogP contribution in [0.1, 0.15) is 19.8 Å². The quantitative estimate of drug-likeness (QED) is 0.752. The van der Waals surface area contributed by atoms with Gasteiger partial charge < -0.3 is 10.0 Å². The van der Waals surface area contributed by atoms with Crippen molar-refractivity contribution in [3.05, 3.63) is 18.5 Å². The molecule has 1 unspecified atom stereocenters. The maximum Gasteiger partial charge on any atom is 0.225 e. The highest BCUT2D eigenvalue weighted by Gasteiger charge is 2.37. The number of hydrogen-bond acceptors (Lipinski definition) is 6. The summed E-state index contributed by atoms with van der Waals surface area (Å²) in [6.45, 7) is 2.76. The molecule has 1 aromatic rings. The molecular formula is C12H20N4O3S. The Labute approximate surface area is 119 Å². The Bertz CT molecular complexity index is 537. The van der Waals surface area contributed by atoms with Crippen LogP contribution in [0.2, 0.25) is 0 Å². The summed E-state index contributed by atoms with van der Waals surface area (Å²) in [4.78, 5) is 10.1. The van der Waals surface area contributed by atoms with Gasteiger partial charge in [0.05, 0.1) is 17.9 Å². The summed E-state index contributed by atoms with van der Waals surface area (Å²) in [5.41, 5.74) is -1.07. The Morgan fingerprint density at radius 3 is 2.80 bits per heavy atom. The number of nitrogens with zero attached hydrogens (tertiary/aromatic N) is 3. The number of β-amino-alcohol motifs (C(OH)–C–C–N with tert-alkyl or cyclic N) is 1. The number of sulfonamides is 1. The first-order valence-corrected chi connectivity index (χ1v) is 8.31. The number of nitrogens with one attached hydrogen (secondary N) is 1. The smallest absolute Gasteiger partial charge is 0.225 e. The van der Waals surface area contributed by atoms with Crippen LogP contribution < -0.4 is 9.62 Å². The van der Waals surface area contributed by atoms with Crippen LogP contribution in [0, 0.1) is 0 Å². The summed E-state index contributed by atoms with van der Waals surface area (Å²) >= 11 is 0. The lowest BCUT2D eigenvalue weighted by Crippen LogP contribution is -2.45. The maximum absolute atomic E-state index is 11.6. The minimum atomic E-state index is -3.30. The van der Waals surface area contributed by atoms with Gasteiger partial charge in [-0.15, -0.1) is 0 Å². The number of aliphatic hydroxyl groups is 1. The normalized spacial score (nSPS) is 23.2. The maximum atomic E-state index is 11.6. The zero-order valence-corrected chi connectivity index (χ0v) is 12.3. The summed E-state index contributed by atoms with van der Waals surface area (Å²) < 4.78 is 25.7. The van der Waals surface area contributed by atoms with E-state index in [2.05, 4.69) is 14.7 Å². The van der Waals surface area contributed by atoms with E-state index in [1.165, 1.54) is 0 Å². The Hall–Kier alpha value is -1.25. The molecule has 0 bridgehead atoms. The van der Waals surface area contributed by atoms with Crippen molar-refractivity contribution in [2.75, 3.05) is 30.3 Å². The van der Waals surface area contributed by atoms with E-state index in [4.69, 9.17) is 0 Å². The van der Waals surface area contributed by atoms with Crippen molar-refractivity contribution in [3.63, 3.8) is 0 Å².